The number of amides is 1. The fraction of sp³-hybridized carbons (Fsp3) is 0.133. The predicted molar refractivity (Wildman–Crippen MR) is 85.3 cm³/mol. The Morgan fingerprint density at radius 1 is 1.32 bits per heavy atom. The van der Waals surface area contributed by atoms with Crippen LogP contribution in [0.5, 0.6) is 0 Å². The van der Waals surface area contributed by atoms with Crippen molar-refractivity contribution < 1.29 is 4.79 Å². The van der Waals surface area contributed by atoms with Gasteiger partial charge in [-0.25, -0.2) is 10.8 Å². The lowest BCUT2D eigenvalue weighted by atomic mass is 10.1. The molecule has 0 saturated carbocycles. The van der Waals surface area contributed by atoms with Crippen LogP contribution in [0.4, 0.5) is 0 Å². The maximum absolute atomic E-state index is 12.1. The molecule has 3 aromatic rings. The first-order chi connectivity index (χ1) is 10.5. The molecule has 2 heterocycles. The van der Waals surface area contributed by atoms with Gasteiger partial charge in [0.1, 0.15) is 0 Å². The molecule has 0 aliphatic heterocycles. The first-order valence-electron chi connectivity index (χ1n) is 6.62. The monoisotopic (exact) mass is 315 g/mol. The van der Waals surface area contributed by atoms with E-state index in [1.165, 1.54) is 0 Å². The molecule has 3 rings (SSSR count). The lowest BCUT2D eigenvalue weighted by Crippen LogP contribution is -2.30. The van der Waals surface area contributed by atoms with Crippen LogP contribution >= 0.6 is 11.6 Å². The van der Waals surface area contributed by atoms with Crippen LogP contribution in [0.1, 0.15) is 16.1 Å². The van der Waals surface area contributed by atoms with Crippen molar-refractivity contribution in [3.05, 3.63) is 46.6 Å². The number of hydrazine groups is 1. The number of rotatable bonds is 2. The van der Waals surface area contributed by atoms with Gasteiger partial charge in [-0.15, -0.1) is 0 Å². The number of halogens is 1. The number of hydrogen-bond acceptors (Lipinski definition) is 4. The number of nitrogens with two attached hydrogens (primary N) is 1. The number of nitrogens with zero attached hydrogens (tertiary/aromatic N) is 3. The maximum Gasteiger partial charge on any atom is 0.266 e. The highest BCUT2D eigenvalue weighted by Crippen LogP contribution is 2.27. The number of fused-ring (bicyclic) bond motifs is 1. The van der Waals surface area contributed by atoms with E-state index in [0.717, 1.165) is 11.3 Å². The Balaban J connectivity index is 2.31. The fourth-order valence-corrected chi connectivity index (χ4v) is 2.60. The molecule has 0 unspecified atom stereocenters. The van der Waals surface area contributed by atoms with Crippen LogP contribution in [-0.4, -0.2) is 20.7 Å². The average molecular weight is 316 g/mol. The first-order valence-corrected chi connectivity index (χ1v) is 7.00. The Morgan fingerprint density at radius 2 is 2.00 bits per heavy atom. The zero-order chi connectivity index (χ0) is 15.9. The van der Waals surface area contributed by atoms with Gasteiger partial charge in [0.2, 0.25) is 0 Å². The van der Waals surface area contributed by atoms with Crippen molar-refractivity contribution in [3.8, 4) is 11.3 Å². The van der Waals surface area contributed by atoms with Crippen LogP contribution in [0.2, 0.25) is 5.02 Å². The van der Waals surface area contributed by atoms with Gasteiger partial charge in [0.05, 0.1) is 22.3 Å². The molecular weight excluding hydrogens is 302 g/mol. The van der Waals surface area contributed by atoms with Crippen LogP contribution in [0, 0.1) is 6.92 Å². The summed E-state index contributed by atoms with van der Waals surface area (Å²) in [5.41, 5.74) is 5.49. The van der Waals surface area contributed by atoms with E-state index in [0.29, 0.717) is 27.3 Å². The summed E-state index contributed by atoms with van der Waals surface area (Å²) < 4.78 is 1.65. The molecule has 0 atom stereocenters. The Bertz CT molecular complexity index is 870. The average Bonchev–Trinajstić information content (AvgIpc) is 2.81. The number of hydrogen-bond donors (Lipinski definition) is 2. The molecule has 0 saturated heterocycles. The van der Waals surface area contributed by atoms with Gasteiger partial charge in [-0.3, -0.25) is 14.9 Å². The summed E-state index contributed by atoms with van der Waals surface area (Å²) in [6.07, 6.45) is 0. The van der Waals surface area contributed by atoms with Crippen LogP contribution in [-0.2, 0) is 7.05 Å². The Hall–Kier alpha value is -2.44. The number of carbonyl (C=O) groups is 1. The molecule has 0 spiro atoms. The number of aryl methyl sites for hydroxylation is 2. The van der Waals surface area contributed by atoms with Gasteiger partial charge >= 0.3 is 0 Å². The second-order valence-electron chi connectivity index (χ2n) is 4.94. The van der Waals surface area contributed by atoms with E-state index in [1.54, 1.807) is 29.9 Å². The number of aromatic nitrogens is 3. The SMILES string of the molecule is Cc1nn(C)c2nc(-c3ccc(Cl)cc3)cc(C(=O)NN)c12. The second-order valence-corrected chi connectivity index (χ2v) is 5.38. The van der Waals surface area contributed by atoms with Gasteiger partial charge in [0, 0.05) is 17.6 Å². The topological polar surface area (TPSA) is 85.8 Å². The van der Waals surface area contributed by atoms with Gasteiger partial charge < -0.3 is 0 Å². The van der Waals surface area contributed by atoms with E-state index in [1.807, 2.05) is 19.1 Å². The van der Waals surface area contributed by atoms with Gasteiger partial charge in [-0.1, -0.05) is 23.7 Å². The summed E-state index contributed by atoms with van der Waals surface area (Å²) in [7, 11) is 1.79. The van der Waals surface area contributed by atoms with Crippen molar-refractivity contribution >= 4 is 28.5 Å². The number of pyridine rings is 1. The van der Waals surface area contributed by atoms with Crippen molar-refractivity contribution in [2.75, 3.05) is 0 Å². The normalized spacial score (nSPS) is 10.9. The molecular formula is C15H14ClN5O. The Kier molecular flexibility index (Phi) is 3.56. The molecule has 1 amide bonds. The third kappa shape index (κ3) is 2.32. The zero-order valence-electron chi connectivity index (χ0n) is 12.1. The van der Waals surface area contributed by atoms with Crippen molar-refractivity contribution in [2.45, 2.75) is 6.92 Å². The molecule has 0 aliphatic rings. The number of nitrogen functional groups attached to an aromatic ring is 1. The molecule has 6 nitrogen and oxygen atoms in total. The van der Waals surface area contributed by atoms with Crippen molar-refractivity contribution in [1.82, 2.24) is 20.2 Å². The minimum Gasteiger partial charge on any atom is -0.290 e. The quantitative estimate of drug-likeness (QED) is 0.431. The molecule has 0 aliphatic carbocycles. The Morgan fingerprint density at radius 3 is 2.64 bits per heavy atom. The number of benzene rings is 1. The van der Waals surface area contributed by atoms with E-state index in [2.05, 4.69) is 15.5 Å². The summed E-state index contributed by atoms with van der Waals surface area (Å²) in [6, 6.07) is 8.97. The lowest BCUT2D eigenvalue weighted by molar-refractivity contribution is 0.0955. The van der Waals surface area contributed by atoms with Crippen molar-refractivity contribution in [2.24, 2.45) is 12.9 Å². The van der Waals surface area contributed by atoms with Gasteiger partial charge in [-0.05, 0) is 25.1 Å². The molecule has 0 radical (unpaired) electrons. The second kappa shape index (κ2) is 5.40. The standard InChI is InChI=1S/C15H14ClN5O/c1-8-13-11(15(22)19-17)7-12(18-14(13)21(2)20-8)9-3-5-10(16)6-4-9/h3-7H,17H2,1-2H3,(H,19,22). The third-order valence-corrected chi connectivity index (χ3v) is 3.74. The van der Waals surface area contributed by atoms with Crippen LogP contribution in [0.3, 0.4) is 0 Å². The zero-order valence-corrected chi connectivity index (χ0v) is 12.8. The smallest absolute Gasteiger partial charge is 0.266 e. The lowest BCUT2D eigenvalue weighted by Gasteiger charge is -2.07. The largest absolute Gasteiger partial charge is 0.290 e. The molecule has 3 N–H and O–H groups in total. The third-order valence-electron chi connectivity index (χ3n) is 3.48. The molecule has 22 heavy (non-hydrogen) atoms. The van der Waals surface area contributed by atoms with Crippen LogP contribution in [0.25, 0.3) is 22.3 Å². The van der Waals surface area contributed by atoms with E-state index in [4.69, 9.17) is 17.4 Å². The van der Waals surface area contributed by atoms with E-state index < -0.39 is 0 Å². The number of nitrogens with one attached hydrogen (secondary N) is 1. The Labute approximate surface area is 131 Å². The highest BCUT2D eigenvalue weighted by molar-refractivity contribution is 6.30. The molecule has 2 aromatic heterocycles. The highest BCUT2D eigenvalue weighted by Gasteiger charge is 2.18. The van der Waals surface area contributed by atoms with E-state index >= 15 is 0 Å². The maximum atomic E-state index is 12.1. The minimum absolute atomic E-state index is 0.376. The van der Waals surface area contributed by atoms with E-state index in [9.17, 15) is 4.79 Å². The van der Waals surface area contributed by atoms with Gasteiger partial charge in [-0.2, -0.15) is 5.10 Å². The van der Waals surface area contributed by atoms with Gasteiger partial charge in [0.15, 0.2) is 5.65 Å². The molecule has 7 heteroatoms. The molecule has 0 bridgehead atoms. The minimum atomic E-state index is -0.376. The number of carbonyl (C=O) groups excluding carboxylic acids is 1. The molecule has 0 fully saturated rings. The van der Waals surface area contributed by atoms with E-state index in [-0.39, 0.29) is 5.91 Å². The highest BCUT2D eigenvalue weighted by atomic mass is 35.5. The summed E-state index contributed by atoms with van der Waals surface area (Å²) in [5, 5.41) is 5.67. The first kappa shape index (κ1) is 14.5. The summed E-state index contributed by atoms with van der Waals surface area (Å²) in [5.74, 6) is 4.92. The van der Waals surface area contributed by atoms with Crippen molar-refractivity contribution in [1.29, 1.82) is 0 Å². The summed E-state index contributed by atoms with van der Waals surface area (Å²) in [4.78, 5) is 16.7. The summed E-state index contributed by atoms with van der Waals surface area (Å²) in [6.45, 7) is 1.83. The molecule has 112 valence electrons. The van der Waals surface area contributed by atoms with Crippen LogP contribution < -0.4 is 11.3 Å². The van der Waals surface area contributed by atoms with Crippen LogP contribution in [0.15, 0.2) is 30.3 Å². The van der Waals surface area contributed by atoms with Crippen molar-refractivity contribution in [3.63, 3.8) is 0 Å². The predicted octanol–water partition coefficient (Wildman–Crippen LogP) is 2.20. The molecule has 1 aromatic carbocycles. The summed E-state index contributed by atoms with van der Waals surface area (Å²) >= 11 is 5.91. The fourth-order valence-electron chi connectivity index (χ4n) is 2.47. The van der Waals surface area contributed by atoms with Gasteiger partial charge in [0.25, 0.3) is 5.91 Å².